The number of alkyl carbamates (subject to hydrolysis) is 1. The van der Waals surface area contributed by atoms with Gasteiger partial charge in [-0.15, -0.1) is 0 Å². The van der Waals surface area contributed by atoms with E-state index < -0.39 is 11.7 Å². The van der Waals surface area contributed by atoms with Crippen molar-refractivity contribution < 1.29 is 23.8 Å². The maximum Gasteiger partial charge on any atom is 0.408 e. The molecule has 1 amide bonds. The second-order valence-electron chi connectivity index (χ2n) is 5.61. The number of amides is 1. The molecule has 114 valence electrons. The zero-order chi connectivity index (χ0) is 15.5. The van der Waals surface area contributed by atoms with Gasteiger partial charge in [0.1, 0.15) is 18.8 Å². The van der Waals surface area contributed by atoms with Gasteiger partial charge in [-0.2, -0.15) is 0 Å². The van der Waals surface area contributed by atoms with Gasteiger partial charge in [0.05, 0.1) is 12.1 Å². The van der Waals surface area contributed by atoms with Crippen LogP contribution in [0.25, 0.3) is 0 Å². The Kier molecular flexibility index (Phi) is 4.35. The number of fused-ring (bicyclic) bond motifs is 1. The molecule has 0 aromatic heterocycles. The van der Waals surface area contributed by atoms with Gasteiger partial charge in [0.25, 0.3) is 0 Å². The van der Waals surface area contributed by atoms with Gasteiger partial charge in [-0.25, -0.2) is 4.79 Å². The summed E-state index contributed by atoms with van der Waals surface area (Å²) in [4.78, 5) is 23.7. The molecule has 1 aromatic carbocycles. The number of hydrogen-bond donors (Lipinski definition) is 1. The molecule has 0 fully saturated rings. The molecule has 6 nitrogen and oxygen atoms in total. The van der Waals surface area contributed by atoms with E-state index in [4.69, 9.17) is 14.2 Å². The van der Waals surface area contributed by atoms with Crippen LogP contribution >= 0.6 is 0 Å². The lowest BCUT2D eigenvalue weighted by Gasteiger charge is -2.21. The van der Waals surface area contributed by atoms with E-state index in [1.807, 2.05) is 0 Å². The van der Waals surface area contributed by atoms with Crippen molar-refractivity contribution in [1.82, 2.24) is 5.32 Å². The number of rotatable bonds is 3. The lowest BCUT2D eigenvalue weighted by atomic mass is 10.1. The number of ketones is 1. The van der Waals surface area contributed by atoms with Gasteiger partial charge in [-0.1, -0.05) is 6.07 Å². The van der Waals surface area contributed by atoms with Crippen LogP contribution in [0.3, 0.4) is 0 Å². The molecule has 21 heavy (non-hydrogen) atoms. The third-order valence-corrected chi connectivity index (χ3v) is 2.66. The Bertz CT molecular complexity index is 547. The van der Waals surface area contributed by atoms with Gasteiger partial charge in [-0.05, 0) is 32.9 Å². The molecule has 0 bridgehead atoms. The number of benzene rings is 1. The first-order valence-electron chi connectivity index (χ1n) is 6.75. The zero-order valence-electron chi connectivity index (χ0n) is 12.4. The number of ether oxygens (including phenoxy) is 3. The number of carbonyl (C=O) groups is 2. The Balaban J connectivity index is 2.00. The fourth-order valence-electron chi connectivity index (χ4n) is 1.86. The minimum Gasteiger partial charge on any atom is -0.486 e. The Labute approximate surface area is 123 Å². The quantitative estimate of drug-likeness (QED) is 0.864. The molecule has 1 heterocycles. The Morgan fingerprint density at radius 3 is 2.67 bits per heavy atom. The standard InChI is InChI=1S/C15H19NO5/c1-15(2,3)21-14(18)16-9-11(17)10-5-4-6-12-13(10)20-8-7-19-12/h4-6H,7-9H2,1-3H3,(H,16,18). The van der Waals surface area contributed by atoms with Gasteiger partial charge >= 0.3 is 6.09 Å². The normalized spacial score (nSPS) is 13.5. The fraction of sp³-hybridized carbons (Fsp3) is 0.467. The second kappa shape index (κ2) is 6.03. The molecule has 0 spiro atoms. The minimum atomic E-state index is -0.627. The highest BCUT2D eigenvalue weighted by molar-refractivity contribution is 6.02. The molecular formula is C15H19NO5. The third-order valence-electron chi connectivity index (χ3n) is 2.66. The summed E-state index contributed by atoms with van der Waals surface area (Å²) in [5.41, 5.74) is -0.209. The third kappa shape index (κ3) is 4.11. The van der Waals surface area contributed by atoms with Crippen molar-refractivity contribution >= 4 is 11.9 Å². The highest BCUT2D eigenvalue weighted by Crippen LogP contribution is 2.33. The van der Waals surface area contributed by atoms with Gasteiger partial charge in [0, 0.05) is 0 Å². The topological polar surface area (TPSA) is 73.9 Å². The monoisotopic (exact) mass is 293 g/mol. The van der Waals surface area contributed by atoms with Crippen molar-refractivity contribution in [1.29, 1.82) is 0 Å². The summed E-state index contributed by atoms with van der Waals surface area (Å²) in [6.07, 6.45) is -0.627. The van der Waals surface area contributed by atoms with Crippen LogP contribution in [0.5, 0.6) is 11.5 Å². The number of para-hydroxylation sites is 1. The van der Waals surface area contributed by atoms with Crippen LogP contribution in [0.15, 0.2) is 18.2 Å². The predicted octanol–water partition coefficient (Wildman–Crippen LogP) is 2.17. The van der Waals surface area contributed by atoms with Gasteiger partial charge in [-0.3, -0.25) is 4.79 Å². The van der Waals surface area contributed by atoms with Gasteiger partial charge < -0.3 is 19.5 Å². The van der Waals surface area contributed by atoms with Crippen LogP contribution in [0.4, 0.5) is 4.79 Å². The van der Waals surface area contributed by atoms with E-state index in [1.165, 1.54) is 0 Å². The second-order valence-corrected chi connectivity index (χ2v) is 5.61. The van der Waals surface area contributed by atoms with Crippen molar-refractivity contribution in [3.8, 4) is 11.5 Å². The summed E-state index contributed by atoms with van der Waals surface area (Å²) in [7, 11) is 0. The summed E-state index contributed by atoms with van der Waals surface area (Å²) < 4.78 is 16.0. The zero-order valence-corrected chi connectivity index (χ0v) is 12.4. The molecule has 1 aliphatic rings. The molecule has 6 heteroatoms. The van der Waals surface area contributed by atoms with E-state index in [9.17, 15) is 9.59 Å². The molecule has 1 aliphatic heterocycles. The minimum absolute atomic E-state index is 0.158. The molecule has 0 saturated carbocycles. The van der Waals surface area contributed by atoms with Gasteiger partial charge in [0.15, 0.2) is 17.3 Å². The Morgan fingerprint density at radius 2 is 1.95 bits per heavy atom. The Hall–Kier alpha value is -2.24. The van der Waals surface area contributed by atoms with Crippen LogP contribution in [0.2, 0.25) is 0 Å². The molecule has 1 aromatic rings. The summed E-state index contributed by atoms with van der Waals surface area (Å²) in [6.45, 7) is 5.97. The van der Waals surface area contributed by atoms with Crippen LogP contribution < -0.4 is 14.8 Å². The molecule has 2 rings (SSSR count). The van der Waals surface area contributed by atoms with E-state index in [1.54, 1.807) is 39.0 Å². The van der Waals surface area contributed by atoms with Crippen LogP contribution in [0.1, 0.15) is 31.1 Å². The summed E-state index contributed by atoms with van der Waals surface area (Å²) in [5.74, 6) is 0.715. The number of hydrogen-bond acceptors (Lipinski definition) is 5. The van der Waals surface area contributed by atoms with E-state index >= 15 is 0 Å². The van der Waals surface area contributed by atoms with Crippen molar-refractivity contribution in [2.24, 2.45) is 0 Å². The van der Waals surface area contributed by atoms with E-state index in [0.717, 1.165) is 0 Å². The highest BCUT2D eigenvalue weighted by Gasteiger charge is 2.21. The summed E-state index contributed by atoms with van der Waals surface area (Å²) in [6, 6.07) is 5.10. The first kappa shape index (κ1) is 15.2. The molecule has 0 radical (unpaired) electrons. The number of nitrogens with one attached hydrogen (secondary N) is 1. The SMILES string of the molecule is CC(C)(C)OC(=O)NCC(=O)c1cccc2c1OCCO2. The lowest BCUT2D eigenvalue weighted by Crippen LogP contribution is -2.35. The average Bonchev–Trinajstić information content (AvgIpc) is 2.42. The van der Waals surface area contributed by atoms with Crippen LogP contribution in [-0.2, 0) is 4.74 Å². The van der Waals surface area contributed by atoms with Crippen molar-refractivity contribution in [2.45, 2.75) is 26.4 Å². The molecule has 0 aliphatic carbocycles. The summed E-state index contributed by atoms with van der Waals surface area (Å²) in [5, 5.41) is 2.44. The average molecular weight is 293 g/mol. The fourth-order valence-corrected chi connectivity index (χ4v) is 1.86. The molecular weight excluding hydrogens is 274 g/mol. The maximum atomic E-state index is 12.2. The largest absolute Gasteiger partial charge is 0.486 e. The summed E-state index contributed by atoms with van der Waals surface area (Å²) >= 11 is 0. The van der Waals surface area contributed by atoms with E-state index in [2.05, 4.69) is 5.32 Å². The lowest BCUT2D eigenvalue weighted by molar-refractivity contribution is 0.0520. The van der Waals surface area contributed by atoms with Crippen LogP contribution in [-0.4, -0.2) is 37.2 Å². The molecule has 0 saturated heterocycles. The van der Waals surface area contributed by atoms with Crippen LogP contribution in [0, 0.1) is 0 Å². The van der Waals surface area contributed by atoms with Crippen molar-refractivity contribution in [2.75, 3.05) is 19.8 Å². The van der Waals surface area contributed by atoms with Crippen molar-refractivity contribution in [3.63, 3.8) is 0 Å². The van der Waals surface area contributed by atoms with E-state index in [-0.39, 0.29) is 12.3 Å². The first-order valence-corrected chi connectivity index (χ1v) is 6.75. The Morgan fingerprint density at radius 1 is 1.24 bits per heavy atom. The first-order chi connectivity index (χ1) is 9.87. The smallest absolute Gasteiger partial charge is 0.408 e. The number of carbonyl (C=O) groups excluding carboxylic acids is 2. The molecule has 1 N–H and O–H groups in total. The van der Waals surface area contributed by atoms with E-state index in [0.29, 0.717) is 30.3 Å². The van der Waals surface area contributed by atoms with Crippen molar-refractivity contribution in [3.05, 3.63) is 23.8 Å². The maximum absolute atomic E-state index is 12.2. The molecule has 0 unspecified atom stereocenters. The number of Topliss-reactive ketones (excluding diaryl/α,β-unsaturated/α-hetero) is 1. The molecule has 0 atom stereocenters. The predicted molar refractivity (Wildman–Crippen MR) is 76.0 cm³/mol. The highest BCUT2D eigenvalue weighted by atomic mass is 16.6. The van der Waals surface area contributed by atoms with Gasteiger partial charge in [0.2, 0.25) is 0 Å².